The SMILES string of the molecule is O=CC(=NOCC(=O)O)c1scc2ccccc12. The van der Waals surface area contributed by atoms with E-state index in [0.717, 1.165) is 10.8 Å². The summed E-state index contributed by atoms with van der Waals surface area (Å²) >= 11 is 1.36. The van der Waals surface area contributed by atoms with Crippen LogP contribution in [-0.2, 0) is 14.4 Å². The molecule has 0 aliphatic heterocycles. The van der Waals surface area contributed by atoms with E-state index in [9.17, 15) is 9.59 Å². The van der Waals surface area contributed by atoms with Gasteiger partial charge in [-0.3, -0.25) is 4.79 Å². The number of carbonyl (C=O) groups excluding carboxylic acids is 1. The standard InChI is InChI=1S/C12H9NO4S/c14-5-10(13-17-6-11(15)16)12-9-4-2-1-3-8(9)7-18-12/h1-5,7H,6H2,(H,15,16). The highest BCUT2D eigenvalue weighted by Gasteiger charge is 2.10. The molecule has 5 nitrogen and oxygen atoms in total. The minimum atomic E-state index is -1.14. The lowest BCUT2D eigenvalue weighted by Crippen LogP contribution is -2.07. The van der Waals surface area contributed by atoms with E-state index in [1.165, 1.54) is 11.3 Å². The molecule has 0 spiro atoms. The first-order valence-electron chi connectivity index (χ1n) is 5.06. The lowest BCUT2D eigenvalue weighted by molar-refractivity contribution is -0.142. The maximum atomic E-state index is 11.0. The van der Waals surface area contributed by atoms with Gasteiger partial charge in [0.2, 0.25) is 6.61 Å². The Labute approximate surface area is 106 Å². The van der Waals surface area contributed by atoms with Crippen LogP contribution in [0.1, 0.15) is 4.88 Å². The molecule has 0 fully saturated rings. The summed E-state index contributed by atoms with van der Waals surface area (Å²) in [7, 11) is 0. The van der Waals surface area contributed by atoms with Crippen LogP contribution in [0, 0.1) is 0 Å². The molecule has 6 heteroatoms. The van der Waals surface area contributed by atoms with Crippen molar-refractivity contribution in [2.24, 2.45) is 5.16 Å². The highest BCUT2D eigenvalue weighted by molar-refractivity contribution is 7.14. The van der Waals surface area contributed by atoms with Crippen molar-refractivity contribution >= 4 is 40.1 Å². The third kappa shape index (κ3) is 2.54. The van der Waals surface area contributed by atoms with Gasteiger partial charge >= 0.3 is 5.97 Å². The van der Waals surface area contributed by atoms with Crippen molar-refractivity contribution in [1.29, 1.82) is 0 Å². The van der Waals surface area contributed by atoms with Crippen LogP contribution in [0.2, 0.25) is 0 Å². The smallest absolute Gasteiger partial charge is 0.344 e. The molecule has 0 saturated heterocycles. The minimum Gasteiger partial charge on any atom is -0.479 e. The minimum absolute atomic E-state index is 0.0995. The number of aliphatic carboxylic acids is 1. The van der Waals surface area contributed by atoms with Gasteiger partial charge in [-0.25, -0.2) is 4.79 Å². The van der Waals surface area contributed by atoms with Gasteiger partial charge in [0.15, 0.2) is 12.0 Å². The second-order valence-electron chi connectivity index (χ2n) is 3.41. The number of aldehydes is 1. The van der Waals surface area contributed by atoms with Gasteiger partial charge in [0.05, 0.1) is 4.88 Å². The molecule has 1 aromatic carbocycles. The van der Waals surface area contributed by atoms with Crippen LogP contribution in [0.3, 0.4) is 0 Å². The second-order valence-corrected chi connectivity index (χ2v) is 4.29. The number of hydrogen-bond donors (Lipinski definition) is 1. The fraction of sp³-hybridized carbons (Fsp3) is 0.0833. The van der Waals surface area contributed by atoms with E-state index < -0.39 is 12.6 Å². The fourth-order valence-electron chi connectivity index (χ4n) is 1.46. The normalized spacial score (nSPS) is 11.4. The Kier molecular flexibility index (Phi) is 3.69. The molecule has 0 saturated carbocycles. The molecule has 0 bridgehead atoms. The summed E-state index contributed by atoms with van der Waals surface area (Å²) in [5.41, 5.74) is 0.0995. The summed E-state index contributed by atoms with van der Waals surface area (Å²) in [6, 6.07) is 7.56. The number of benzene rings is 1. The van der Waals surface area contributed by atoms with Crippen molar-refractivity contribution in [1.82, 2.24) is 0 Å². The van der Waals surface area contributed by atoms with Crippen molar-refractivity contribution in [2.75, 3.05) is 6.61 Å². The van der Waals surface area contributed by atoms with Gasteiger partial charge in [-0.1, -0.05) is 29.4 Å². The fourth-order valence-corrected chi connectivity index (χ4v) is 2.43. The maximum Gasteiger partial charge on any atom is 0.344 e. The van der Waals surface area contributed by atoms with E-state index >= 15 is 0 Å². The predicted octanol–water partition coefficient (Wildman–Crippen LogP) is 1.91. The van der Waals surface area contributed by atoms with Gasteiger partial charge in [-0.05, 0) is 10.8 Å². The second kappa shape index (κ2) is 5.42. The Hall–Kier alpha value is -2.21. The molecule has 0 amide bonds. The number of carboxylic acids is 1. The molecule has 1 heterocycles. The molecule has 0 radical (unpaired) electrons. The molecule has 18 heavy (non-hydrogen) atoms. The Balaban J connectivity index is 2.32. The topological polar surface area (TPSA) is 76.0 Å². The molecular weight excluding hydrogens is 254 g/mol. The van der Waals surface area contributed by atoms with Gasteiger partial charge in [0, 0.05) is 5.39 Å². The van der Waals surface area contributed by atoms with Gasteiger partial charge in [-0.2, -0.15) is 0 Å². The third-order valence-electron chi connectivity index (χ3n) is 2.20. The van der Waals surface area contributed by atoms with Crippen LogP contribution in [0.25, 0.3) is 10.8 Å². The van der Waals surface area contributed by atoms with Crippen molar-refractivity contribution in [2.45, 2.75) is 0 Å². The highest BCUT2D eigenvalue weighted by Crippen LogP contribution is 2.25. The Morgan fingerprint density at radius 1 is 1.44 bits per heavy atom. The summed E-state index contributed by atoms with van der Waals surface area (Å²) in [6.45, 7) is -0.569. The largest absolute Gasteiger partial charge is 0.479 e. The van der Waals surface area contributed by atoms with E-state index in [1.807, 2.05) is 29.6 Å². The van der Waals surface area contributed by atoms with Gasteiger partial charge in [0.1, 0.15) is 0 Å². The molecule has 0 aliphatic rings. The quantitative estimate of drug-likeness (QED) is 0.508. The van der Waals surface area contributed by atoms with E-state index in [4.69, 9.17) is 5.11 Å². The Morgan fingerprint density at radius 3 is 2.94 bits per heavy atom. The zero-order chi connectivity index (χ0) is 13.0. The average Bonchev–Trinajstić information content (AvgIpc) is 2.78. The molecule has 1 aromatic heterocycles. The number of fused-ring (bicyclic) bond motifs is 1. The molecule has 1 N–H and O–H groups in total. The Morgan fingerprint density at radius 2 is 2.22 bits per heavy atom. The van der Waals surface area contributed by atoms with Crippen LogP contribution in [-0.4, -0.2) is 29.7 Å². The Bertz CT molecular complexity index is 617. The first-order chi connectivity index (χ1) is 8.72. The number of oxime groups is 1. The van der Waals surface area contributed by atoms with Crippen molar-refractivity contribution in [3.8, 4) is 0 Å². The van der Waals surface area contributed by atoms with E-state index in [2.05, 4.69) is 9.99 Å². The average molecular weight is 263 g/mol. The third-order valence-corrected chi connectivity index (χ3v) is 3.24. The zero-order valence-electron chi connectivity index (χ0n) is 9.20. The van der Waals surface area contributed by atoms with Crippen molar-refractivity contribution in [3.05, 3.63) is 34.5 Å². The number of carbonyl (C=O) groups is 2. The maximum absolute atomic E-state index is 11.0. The molecule has 2 aromatic rings. The summed E-state index contributed by atoms with van der Waals surface area (Å²) in [5.74, 6) is -1.14. The zero-order valence-corrected chi connectivity index (χ0v) is 10.0. The van der Waals surface area contributed by atoms with Gasteiger partial charge in [0.25, 0.3) is 0 Å². The predicted molar refractivity (Wildman–Crippen MR) is 68.0 cm³/mol. The van der Waals surface area contributed by atoms with Crippen LogP contribution >= 0.6 is 11.3 Å². The lowest BCUT2D eigenvalue weighted by atomic mass is 10.1. The van der Waals surface area contributed by atoms with Gasteiger partial charge < -0.3 is 9.94 Å². The summed E-state index contributed by atoms with van der Waals surface area (Å²) < 4.78 is 0. The first-order valence-corrected chi connectivity index (χ1v) is 5.94. The highest BCUT2D eigenvalue weighted by atomic mass is 32.1. The number of thiophene rings is 1. The molecule has 2 rings (SSSR count). The molecule has 92 valence electrons. The monoisotopic (exact) mass is 263 g/mol. The summed E-state index contributed by atoms with van der Waals surface area (Å²) in [5, 5.41) is 15.8. The number of carboxylic acid groups (broad SMARTS) is 1. The lowest BCUT2D eigenvalue weighted by Gasteiger charge is -1.98. The number of rotatable bonds is 5. The number of hydrogen-bond acceptors (Lipinski definition) is 5. The van der Waals surface area contributed by atoms with E-state index in [-0.39, 0.29) is 5.71 Å². The van der Waals surface area contributed by atoms with Crippen LogP contribution in [0.15, 0.2) is 34.8 Å². The molecule has 0 atom stereocenters. The number of nitrogens with zero attached hydrogens (tertiary/aromatic N) is 1. The molecule has 0 unspecified atom stereocenters. The summed E-state index contributed by atoms with van der Waals surface area (Å²) in [6.07, 6.45) is 0.556. The van der Waals surface area contributed by atoms with Crippen LogP contribution in [0.4, 0.5) is 0 Å². The van der Waals surface area contributed by atoms with Crippen molar-refractivity contribution < 1.29 is 19.5 Å². The van der Waals surface area contributed by atoms with Crippen LogP contribution in [0.5, 0.6) is 0 Å². The van der Waals surface area contributed by atoms with Crippen molar-refractivity contribution in [3.63, 3.8) is 0 Å². The van der Waals surface area contributed by atoms with Gasteiger partial charge in [-0.15, -0.1) is 11.3 Å². The van der Waals surface area contributed by atoms with E-state index in [1.54, 1.807) is 0 Å². The first kappa shape index (κ1) is 12.3. The van der Waals surface area contributed by atoms with Crippen LogP contribution < -0.4 is 0 Å². The van der Waals surface area contributed by atoms with E-state index in [0.29, 0.717) is 11.2 Å². The summed E-state index contributed by atoms with van der Waals surface area (Å²) in [4.78, 5) is 26.5. The molecule has 0 aliphatic carbocycles. The molecular formula is C12H9NO4S.